The summed E-state index contributed by atoms with van der Waals surface area (Å²) in [5, 5.41) is 2.98. The quantitative estimate of drug-likeness (QED) is 0.570. The number of anilines is 1. The Kier molecular flexibility index (Phi) is 6.50. The van der Waals surface area contributed by atoms with Crippen molar-refractivity contribution >= 4 is 17.5 Å². The maximum absolute atomic E-state index is 13.8. The largest absolute Gasteiger partial charge is 0.497 e. The Morgan fingerprint density at radius 2 is 1.75 bits per heavy atom. The summed E-state index contributed by atoms with van der Waals surface area (Å²) in [6.45, 7) is 0.204. The second kappa shape index (κ2) is 9.64. The Bertz CT molecular complexity index is 1110. The molecule has 0 bridgehead atoms. The molecule has 6 heteroatoms. The zero-order valence-corrected chi connectivity index (χ0v) is 17.9. The normalized spacial score (nSPS) is 12.8. The van der Waals surface area contributed by atoms with Gasteiger partial charge in [-0.3, -0.25) is 9.59 Å². The molecule has 32 heavy (non-hydrogen) atoms. The summed E-state index contributed by atoms with van der Waals surface area (Å²) >= 11 is 0. The third-order valence-corrected chi connectivity index (χ3v) is 5.35. The highest BCUT2D eigenvalue weighted by molar-refractivity contribution is 6.06. The predicted octanol–water partition coefficient (Wildman–Crippen LogP) is 4.50. The highest BCUT2D eigenvalue weighted by atomic mass is 19.1. The van der Waals surface area contributed by atoms with E-state index in [-0.39, 0.29) is 24.2 Å². The summed E-state index contributed by atoms with van der Waals surface area (Å²) in [5.74, 6) is 0.00333. The van der Waals surface area contributed by atoms with Crippen LogP contribution in [0.15, 0.2) is 72.8 Å². The van der Waals surface area contributed by atoms with Gasteiger partial charge < -0.3 is 15.0 Å². The van der Waals surface area contributed by atoms with Crippen molar-refractivity contribution in [3.63, 3.8) is 0 Å². The Morgan fingerprint density at radius 1 is 1.00 bits per heavy atom. The van der Waals surface area contributed by atoms with Crippen LogP contribution in [0.5, 0.6) is 5.75 Å². The van der Waals surface area contributed by atoms with Crippen LogP contribution in [0.25, 0.3) is 0 Å². The first-order chi connectivity index (χ1) is 15.5. The number of amides is 2. The minimum absolute atomic E-state index is 0.00400. The average molecular weight is 432 g/mol. The van der Waals surface area contributed by atoms with Gasteiger partial charge >= 0.3 is 0 Å². The highest BCUT2D eigenvalue weighted by Gasteiger charge is 2.23. The Morgan fingerprint density at radius 3 is 2.44 bits per heavy atom. The second-order valence-corrected chi connectivity index (χ2v) is 7.94. The fourth-order valence-corrected chi connectivity index (χ4v) is 3.50. The summed E-state index contributed by atoms with van der Waals surface area (Å²) in [6, 6.07) is 20.8. The maximum Gasteiger partial charge on any atom is 0.258 e. The minimum Gasteiger partial charge on any atom is -0.497 e. The van der Waals surface area contributed by atoms with Crippen molar-refractivity contribution in [1.82, 2.24) is 5.32 Å². The number of carbonyl (C=O) groups excluding carboxylic acids is 2. The van der Waals surface area contributed by atoms with Gasteiger partial charge in [0, 0.05) is 17.3 Å². The number of methoxy groups -OCH3 is 1. The van der Waals surface area contributed by atoms with Crippen molar-refractivity contribution in [2.75, 3.05) is 12.0 Å². The molecule has 1 aliphatic carbocycles. The van der Waals surface area contributed by atoms with Crippen molar-refractivity contribution < 1.29 is 18.7 Å². The lowest BCUT2D eigenvalue weighted by Crippen LogP contribution is -2.30. The number of hydrogen-bond donors (Lipinski definition) is 1. The van der Waals surface area contributed by atoms with Gasteiger partial charge in [0.15, 0.2) is 0 Å². The van der Waals surface area contributed by atoms with Gasteiger partial charge in [0.1, 0.15) is 11.6 Å². The molecule has 2 amide bonds. The van der Waals surface area contributed by atoms with Crippen molar-refractivity contribution in [2.45, 2.75) is 31.8 Å². The van der Waals surface area contributed by atoms with Crippen molar-refractivity contribution in [2.24, 2.45) is 0 Å². The summed E-state index contributed by atoms with van der Waals surface area (Å²) in [6.07, 6.45) is 2.39. The molecule has 4 rings (SSSR count). The number of nitrogens with zero attached hydrogens (tertiary/aromatic N) is 1. The van der Waals surface area contributed by atoms with E-state index in [1.54, 1.807) is 48.4 Å². The van der Waals surface area contributed by atoms with Gasteiger partial charge in [0.25, 0.3) is 5.91 Å². The van der Waals surface area contributed by atoms with Gasteiger partial charge in [-0.1, -0.05) is 30.3 Å². The summed E-state index contributed by atoms with van der Waals surface area (Å²) in [4.78, 5) is 27.1. The molecule has 1 fully saturated rings. The van der Waals surface area contributed by atoms with Crippen LogP contribution in [0.2, 0.25) is 0 Å². The van der Waals surface area contributed by atoms with Crippen LogP contribution < -0.4 is 15.0 Å². The van der Waals surface area contributed by atoms with E-state index >= 15 is 0 Å². The molecule has 1 saturated carbocycles. The lowest BCUT2D eigenvalue weighted by Gasteiger charge is -2.24. The molecular formula is C26H25FN2O3. The molecule has 0 aliphatic heterocycles. The van der Waals surface area contributed by atoms with Crippen molar-refractivity contribution in [1.29, 1.82) is 0 Å². The Balaban J connectivity index is 1.58. The fraction of sp³-hybridized carbons (Fsp3) is 0.231. The van der Waals surface area contributed by atoms with E-state index < -0.39 is 0 Å². The van der Waals surface area contributed by atoms with Crippen LogP contribution in [0.3, 0.4) is 0 Å². The highest BCUT2D eigenvalue weighted by Crippen LogP contribution is 2.24. The van der Waals surface area contributed by atoms with Gasteiger partial charge in [-0.05, 0) is 66.4 Å². The molecule has 0 unspecified atom stereocenters. The SMILES string of the molecule is COc1cccc(C(=O)N(Cc2cccc(F)c2)c2ccc(CC(=O)NC3CC3)cc2)c1. The van der Waals surface area contributed by atoms with Crippen LogP contribution >= 0.6 is 0 Å². The molecule has 3 aromatic carbocycles. The number of carbonyl (C=O) groups is 2. The molecule has 0 spiro atoms. The van der Waals surface area contributed by atoms with Gasteiger partial charge in [0.2, 0.25) is 5.91 Å². The Labute approximate surface area is 186 Å². The number of benzene rings is 3. The number of hydrogen-bond acceptors (Lipinski definition) is 3. The van der Waals surface area contributed by atoms with Crippen LogP contribution in [-0.2, 0) is 17.8 Å². The third-order valence-electron chi connectivity index (χ3n) is 5.35. The second-order valence-electron chi connectivity index (χ2n) is 7.94. The van der Waals surface area contributed by atoms with Crippen LogP contribution in [0.1, 0.15) is 34.3 Å². The molecule has 0 heterocycles. The molecule has 5 nitrogen and oxygen atoms in total. The molecule has 1 aliphatic rings. The minimum atomic E-state index is -0.353. The number of halogens is 1. The molecule has 0 aromatic heterocycles. The first kappa shape index (κ1) is 21.6. The average Bonchev–Trinajstić information content (AvgIpc) is 3.61. The zero-order valence-electron chi connectivity index (χ0n) is 17.9. The summed E-state index contributed by atoms with van der Waals surface area (Å²) in [5.41, 5.74) is 2.67. The lowest BCUT2D eigenvalue weighted by molar-refractivity contribution is -0.120. The van der Waals surface area contributed by atoms with E-state index in [2.05, 4.69) is 5.32 Å². The molecular weight excluding hydrogens is 407 g/mol. The Hall–Kier alpha value is -3.67. The van der Waals surface area contributed by atoms with E-state index in [0.717, 1.165) is 18.4 Å². The van der Waals surface area contributed by atoms with Crippen molar-refractivity contribution in [3.05, 3.63) is 95.3 Å². The van der Waals surface area contributed by atoms with Gasteiger partial charge in [0.05, 0.1) is 20.1 Å². The zero-order chi connectivity index (χ0) is 22.5. The number of rotatable bonds is 8. The smallest absolute Gasteiger partial charge is 0.258 e. The van der Waals surface area contributed by atoms with Gasteiger partial charge in [-0.15, -0.1) is 0 Å². The van der Waals surface area contributed by atoms with Gasteiger partial charge in [-0.25, -0.2) is 4.39 Å². The maximum atomic E-state index is 13.8. The van der Waals surface area contributed by atoms with E-state index in [1.165, 1.54) is 12.1 Å². The van der Waals surface area contributed by atoms with Crippen LogP contribution in [-0.4, -0.2) is 25.0 Å². The molecule has 1 N–H and O–H groups in total. The van der Waals surface area contributed by atoms with E-state index in [9.17, 15) is 14.0 Å². The molecule has 3 aromatic rings. The predicted molar refractivity (Wildman–Crippen MR) is 121 cm³/mol. The third kappa shape index (κ3) is 5.52. The van der Waals surface area contributed by atoms with E-state index in [1.807, 2.05) is 24.3 Å². The monoisotopic (exact) mass is 432 g/mol. The number of ether oxygens (including phenoxy) is 1. The fourth-order valence-electron chi connectivity index (χ4n) is 3.50. The van der Waals surface area contributed by atoms with E-state index in [4.69, 9.17) is 4.74 Å². The molecule has 0 radical (unpaired) electrons. The number of nitrogens with one attached hydrogen (secondary N) is 1. The lowest BCUT2D eigenvalue weighted by atomic mass is 10.1. The first-order valence-corrected chi connectivity index (χ1v) is 10.6. The molecule has 164 valence electrons. The van der Waals surface area contributed by atoms with Gasteiger partial charge in [-0.2, -0.15) is 0 Å². The van der Waals surface area contributed by atoms with E-state index in [0.29, 0.717) is 35.0 Å². The molecule has 0 saturated heterocycles. The molecule has 0 atom stereocenters. The van der Waals surface area contributed by atoms with Crippen LogP contribution in [0.4, 0.5) is 10.1 Å². The topological polar surface area (TPSA) is 58.6 Å². The summed E-state index contributed by atoms with van der Waals surface area (Å²) in [7, 11) is 1.55. The standard InChI is InChI=1S/C26H25FN2O3/c1-32-24-7-3-5-20(16-24)26(31)29(17-19-4-2-6-21(27)14-19)23-12-8-18(9-13-23)15-25(30)28-22-10-11-22/h2-9,12-14,16,22H,10-11,15,17H2,1H3,(H,28,30). The first-order valence-electron chi connectivity index (χ1n) is 10.6. The van der Waals surface area contributed by atoms with Crippen molar-refractivity contribution in [3.8, 4) is 5.75 Å². The van der Waals surface area contributed by atoms with Crippen LogP contribution in [0, 0.1) is 5.82 Å². The summed E-state index contributed by atoms with van der Waals surface area (Å²) < 4.78 is 19.0.